The van der Waals surface area contributed by atoms with Crippen LogP contribution in [0.3, 0.4) is 0 Å². The van der Waals surface area contributed by atoms with E-state index in [9.17, 15) is 8.42 Å². The van der Waals surface area contributed by atoms with Gasteiger partial charge in [-0.05, 0) is 36.2 Å². The van der Waals surface area contributed by atoms with Gasteiger partial charge in [0.2, 0.25) is 10.0 Å². The molecule has 1 aromatic heterocycles. The van der Waals surface area contributed by atoms with E-state index in [1.54, 1.807) is 18.2 Å². The first kappa shape index (κ1) is 16.3. The summed E-state index contributed by atoms with van der Waals surface area (Å²) in [5, 5.41) is 9.75. The highest BCUT2D eigenvalue weighted by Crippen LogP contribution is 2.22. The van der Waals surface area contributed by atoms with E-state index in [-0.39, 0.29) is 10.8 Å². The highest BCUT2D eigenvalue weighted by atomic mass is 35.5. The van der Waals surface area contributed by atoms with Gasteiger partial charge in [0.05, 0.1) is 0 Å². The molecule has 8 heteroatoms. The van der Waals surface area contributed by atoms with Crippen LogP contribution < -0.4 is 4.72 Å². The first-order valence-electron chi connectivity index (χ1n) is 5.86. The van der Waals surface area contributed by atoms with Crippen LogP contribution in [0.5, 0.6) is 0 Å². The molecule has 0 aliphatic carbocycles. The summed E-state index contributed by atoms with van der Waals surface area (Å²) in [7, 11) is -3.59. The first-order valence-corrected chi connectivity index (χ1v) is 8.91. The maximum absolute atomic E-state index is 12.0. The molecular formula is C13H10Cl2N2O2S2. The quantitative estimate of drug-likeness (QED) is 0.887. The lowest BCUT2D eigenvalue weighted by atomic mass is 10.1. The van der Waals surface area contributed by atoms with Crippen LogP contribution in [0.1, 0.15) is 10.4 Å². The van der Waals surface area contributed by atoms with E-state index in [1.807, 2.05) is 6.07 Å². The second-order valence-electron chi connectivity index (χ2n) is 4.11. The van der Waals surface area contributed by atoms with Crippen LogP contribution in [0.15, 0.2) is 34.5 Å². The van der Waals surface area contributed by atoms with Crippen LogP contribution in [0.4, 0.5) is 0 Å². The van der Waals surface area contributed by atoms with Crippen LogP contribution in [0, 0.1) is 11.3 Å². The van der Waals surface area contributed by atoms with Crippen molar-refractivity contribution < 1.29 is 8.42 Å². The molecule has 0 saturated carbocycles. The Hall–Kier alpha value is -1.10. The molecule has 0 radical (unpaired) electrons. The van der Waals surface area contributed by atoms with Crippen molar-refractivity contribution in [2.24, 2.45) is 0 Å². The molecule has 110 valence electrons. The second-order valence-corrected chi connectivity index (χ2v) is 8.04. The zero-order valence-corrected chi connectivity index (χ0v) is 13.8. The van der Waals surface area contributed by atoms with E-state index in [0.29, 0.717) is 21.3 Å². The van der Waals surface area contributed by atoms with Crippen LogP contribution in [-0.2, 0) is 16.4 Å². The smallest absolute Gasteiger partial charge is 0.210 e. The van der Waals surface area contributed by atoms with Gasteiger partial charge in [-0.25, -0.2) is 13.1 Å². The molecule has 0 unspecified atom stereocenters. The fourth-order valence-corrected chi connectivity index (χ4v) is 4.32. The molecule has 0 spiro atoms. The molecule has 0 atom stereocenters. The Morgan fingerprint density at radius 1 is 1.24 bits per heavy atom. The van der Waals surface area contributed by atoms with E-state index < -0.39 is 10.0 Å². The van der Waals surface area contributed by atoms with Gasteiger partial charge in [0.25, 0.3) is 0 Å². The van der Waals surface area contributed by atoms with Crippen molar-refractivity contribution in [3.8, 4) is 6.07 Å². The van der Waals surface area contributed by atoms with Gasteiger partial charge in [0.15, 0.2) is 0 Å². The lowest BCUT2D eigenvalue weighted by Gasteiger charge is -2.06. The Labute approximate surface area is 137 Å². The largest absolute Gasteiger partial charge is 0.250 e. The number of sulfonamides is 1. The summed E-state index contributed by atoms with van der Waals surface area (Å²) >= 11 is 12.8. The number of hydrogen-bond donors (Lipinski definition) is 1. The Morgan fingerprint density at radius 3 is 2.62 bits per heavy atom. The van der Waals surface area contributed by atoms with Crippen molar-refractivity contribution in [3.05, 3.63) is 50.8 Å². The first-order chi connectivity index (χ1) is 9.92. The minimum atomic E-state index is -3.59. The normalized spacial score (nSPS) is 11.3. The van der Waals surface area contributed by atoms with Gasteiger partial charge < -0.3 is 0 Å². The van der Waals surface area contributed by atoms with Gasteiger partial charge in [0.1, 0.15) is 15.2 Å². The Bertz CT molecular complexity index is 795. The molecule has 2 aromatic rings. The monoisotopic (exact) mass is 360 g/mol. The van der Waals surface area contributed by atoms with E-state index in [4.69, 9.17) is 28.5 Å². The summed E-state index contributed by atoms with van der Waals surface area (Å²) in [6.45, 7) is 0.212. The molecule has 21 heavy (non-hydrogen) atoms. The van der Waals surface area contributed by atoms with Crippen molar-refractivity contribution >= 4 is 44.6 Å². The van der Waals surface area contributed by atoms with E-state index in [1.165, 1.54) is 12.1 Å². The predicted molar refractivity (Wildman–Crippen MR) is 84.4 cm³/mol. The number of nitrogens with one attached hydrogen (secondary N) is 1. The molecule has 1 N–H and O–H groups in total. The van der Waals surface area contributed by atoms with Crippen LogP contribution >= 0.6 is 34.5 Å². The van der Waals surface area contributed by atoms with Crippen molar-refractivity contribution in [3.63, 3.8) is 0 Å². The van der Waals surface area contributed by atoms with Gasteiger partial charge in [0, 0.05) is 16.6 Å². The molecule has 0 saturated heterocycles. The second kappa shape index (κ2) is 6.77. The maximum atomic E-state index is 12.0. The third-order valence-corrected chi connectivity index (χ3v) is 6.19. The zero-order valence-electron chi connectivity index (χ0n) is 10.6. The molecule has 0 fully saturated rings. The van der Waals surface area contributed by atoms with Gasteiger partial charge >= 0.3 is 0 Å². The standard InChI is InChI=1S/C13H10Cl2N2O2S2/c14-10-2-1-9(12(15)7-10)5-6-17-21(18,19)13-4-3-11(8-16)20-13/h1-4,7,17H,5-6H2. The van der Waals surface area contributed by atoms with E-state index in [0.717, 1.165) is 16.9 Å². The van der Waals surface area contributed by atoms with E-state index in [2.05, 4.69) is 4.72 Å². The number of hydrogen-bond acceptors (Lipinski definition) is 4. The molecule has 1 heterocycles. The van der Waals surface area contributed by atoms with Crippen molar-refractivity contribution in [1.82, 2.24) is 4.72 Å². The number of nitriles is 1. The van der Waals surface area contributed by atoms with Gasteiger partial charge in [-0.2, -0.15) is 5.26 Å². The number of rotatable bonds is 5. The average molecular weight is 361 g/mol. The van der Waals surface area contributed by atoms with Gasteiger partial charge in [-0.1, -0.05) is 29.3 Å². The SMILES string of the molecule is N#Cc1ccc(S(=O)(=O)NCCc2ccc(Cl)cc2Cl)s1. The van der Waals surface area contributed by atoms with Crippen LogP contribution in [-0.4, -0.2) is 15.0 Å². The molecule has 0 amide bonds. The highest BCUT2D eigenvalue weighted by Gasteiger charge is 2.16. The van der Waals surface area contributed by atoms with Gasteiger partial charge in [-0.15, -0.1) is 11.3 Å². The van der Waals surface area contributed by atoms with E-state index >= 15 is 0 Å². The highest BCUT2D eigenvalue weighted by molar-refractivity contribution is 7.91. The summed E-state index contributed by atoms with van der Waals surface area (Å²) < 4.78 is 26.7. The molecule has 0 bridgehead atoms. The lowest BCUT2D eigenvalue weighted by molar-refractivity contribution is 0.584. The number of nitrogens with zero attached hydrogens (tertiary/aromatic N) is 1. The van der Waals surface area contributed by atoms with Crippen LogP contribution in [0.25, 0.3) is 0 Å². The number of benzene rings is 1. The minimum Gasteiger partial charge on any atom is -0.210 e. The Kier molecular flexibility index (Phi) is 5.25. The number of thiophene rings is 1. The lowest BCUT2D eigenvalue weighted by Crippen LogP contribution is -2.25. The fourth-order valence-electron chi connectivity index (χ4n) is 1.64. The minimum absolute atomic E-state index is 0.126. The third kappa shape index (κ3) is 4.19. The summed E-state index contributed by atoms with van der Waals surface area (Å²) in [5.41, 5.74) is 0.813. The van der Waals surface area contributed by atoms with Gasteiger partial charge in [-0.3, -0.25) is 0 Å². The molecular weight excluding hydrogens is 351 g/mol. The number of halogens is 2. The summed E-state index contributed by atoms with van der Waals surface area (Å²) in [4.78, 5) is 0.358. The molecule has 4 nitrogen and oxygen atoms in total. The molecule has 2 rings (SSSR count). The molecule has 0 aliphatic heterocycles. The van der Waals surface area contributed by atoms with Crippen molar-refractivity contribution in [2.75, 3.05) is 6.54 Å². The van der Waals surface area contributed by atoms with Crippen LogP contribution in [0.2, 0.25) is 10.0 Å². The third-order valence-electron chi connectivity index (χ3n) is 2.66. The molecule has 0 aliphatic rings. The fraction of sp³-hybridized carbons (Fsp3) is 0.154. The summed E-state index contributed by atoms with van der Waals surface area (Å²) in [5.74, 6) is 0. The predicted octanol–water partition coefficient (Wildman–Crippen LogP) is 3.45. The zero-order chi connectivity index (χ0) is 15.5. The molecule has 1 aromatic carbocycles. The maximum Gasteiger partial charge on any atom is 0.250 e. The summed E-state index contributed by atoms with van der Waals surface area (Å²) in [6.07, 6.45) is 0.450. The summed E-state index contributed by atoms with van der Waals surface area (Å²) in [6, 6.07) is 9.89. The average Bonchev–Trinajstić information content (AvgIpc) is 2.91. The Morgan fingerprint density at radius 2 is 2.00 bits per heavy atom. The Balaban J connectivity index is 2.01. The topological polar surface area (TPSA) is 70.0 Å². The van der Waals surface area contributed by atoms with Crippen molar-refractivity contribution in [2.45, 2.75) is 10.6 Å². The van der Waals surface area contributed by atoms with Crippen molar-refractivity contribution in [1.29, 1.82) is 5.26 Å².